The van der Waals surface area contributed by atoms with E-state index < -0.39 is 0 Å². The van der Waals surface area contributed by atoms with E-state index in [-0.39, 0.29) is 5.56 Å². The lowest BCUT2D eigenvalue weighted by Gasteiger charge is -1.92. The largest absolute Gasteiger partial charge is 0.330 e. The maximum Gasteiger partial charge on any atom is 0.265 e. The second kappa shape index (κ2) is 3.84. The molecule has 0 radical (unpaired) electrons. The van der Waals surface area contributed by atoms with Crippen molar-refractivity contribution in [2.24, 2.45) is 5.73 Å². The van der Waals surface area contributed by atoms with Gasteiger partial charge in [-0.3, -0.25) is 4.79 Å². The lowest BCUT2D eigenvalue weighted by molar-refractivity contribution is 0.985. The molecule has 3 nitrogen and oxygen atoms in total. The number of hydrogen-bond donors (Lipinski definition) is 2. The van der Waals surface area contributed by atoms with Crippen molar-refractivity contribution in [3.63, 3.8) is 0 Å². The lowest BCUT2D eigenvalue weighted by Crippen LogP contribution is -2.01. The molecule has 2 rings (SSSR count). The summed E-state index contributed by atoms with van der Waals surface area (Å²) in [6.07, 6.45) is 2.47. The topological polar surface area (TPSA) is 58.9 Å². The first-order chi connectivity index (χ1) is 6.74. The predicted molar refractivity (Wildman–Crippen MR) is 62.9 cm³/mol. The normalized spacial score (nSPS) is 11.0. The fourth-order valence-corrected chi connectivity index (χ4v) is 3.35. The third kappa shape index (κ3) is 1.51. The predicted octanol–water partition coefficient (Wildman–Crippen LogP) is 1.85. The Hall–Kier alpha value is -0.650. The Morgan fingerprint density at radius 3 is 3.00 bits per heavy atom. The van der Waals surface area contributed by atoms with Gasteiger partial charge in [-0.2, -0.15) is 0 Å². The van der Waals surface area contributed by atoms with Gasteiger partial charge in [0, 0.05) is 20.9 Å². The van der Waals surface area contributed by atoms with Crippen LogP contribution in [0.4, 0.5) is 0 Å². The molecule has 0 atom stereocenters. The summed E-state index contributed by atoms with van der Waals surface area (Å²) in [4.78, 5) is 15.2. The molecule has 0 saturated heterocycles. The molecule has 2 aromatic heterocycles. The van der Waals surface area contributed by atoms with Crippen LogP contribution in [0.2, 0.25) is 0 Å². The summed E-state index contributed by atoms with van der Waals surface area (Å²) in [6.45, 7) is 0.601. The zero-order chi connectivity index (χ0) is 10.1. The number of fused-ring (bicyclic) bond motifs is 1. The molecule has 0 bridgehead atoms. The van der Waals surface area contributed by atoms with Gasteiger partial charge < -0.3 is 10.7 Å². The number of hydrogen-bond acceptors (Lipinski definition) is 3. The molecule has 74 valence electrons. The van der Waals surface area contributed by atoms with Crippen LogP contribution in [0.15, 0.2) is 21.5 Å². The summed E-state index contributed by atoms with van der Waals surface area (Å²) < 4.78 is 1.77. The van der Waals surface area contributed by atoms with E-state index in [9.17, 15) is 4.79 Å². The summed E-state index contributed by atoms with van der Waals surface area (Å²) in [5, 5.41) is 0.974. The first-order valence-electron chi connectivity index (χ1n) is 4.22. The van der Waals surface area contributed by atoms with Crippen molar-refractivity contribution in [2.45, 2.75) is 6.42 Å². The highest BCUT2D eigenvalue weighted by Crippen LogP contribution is 2.33. The fourth-order valence-electron chi connectivity index (χ4n) is 1.35. The summed E-state index contributed by atoms with van der Waals surface area (Å²) in [7, 11) is 0. The Labute approximate surface area is 93.1 Å². The molecule has 0 saturated carbocycles. The molecule has 5 heteroatoms. The molecule has 2 heterocycles. The Kier molecular flexibility index (Phi) is 2.71. The van der Waals surface area contributed by atoms with Gasteiger partial charge in [-0.1, -0.05) is 0 Å². The van der Waals surface area contributed by atoms with Crippen molar-refractivity contribution in [3.05, 3.63) is 32.0 Å². The molecule has 3 N–H and O–H groups in total. The molecule has 14 heavy (non-hydrogen) atoms. The van der Waals surface area contributed by atoms with Crippen molar-refractivity contribution >= 4 is 37.4 Å². The number of H-pyrrole nitrogens is 1. The zero-order valence-corrected chi connectivity index (χ0v) is 9.74. The van der Waals surface area contributed by atoms with Crippen LogP contribution in [-0.2, 0) is 6.42 Å². The van der Waals surface area contributed by atoms with Gasteiger partial charge in [-0.05, 0) is 35.0 Å². The highest BCUT2D eigenvalue weighted by Gasteiger charge is 2.10. The van der Waals surface area contributed by atoms with Gasteiger partial charge in [0.25, 0.3) is 5.56 Å². The van der Waals surface area contributed by atoms with E-state index in [2.05, 4.69) is 20.9 Å². The van der Waals surface area contributed by atoms with E-state index in [0.717, 1.165) is 25.9 Å². The summed E-state index contributed by atoms with van der Waals surface area (Å²) >= 11 is 4.99. The second-order valence-electron chi connectivity index (χ2n) is 2.93. The van der Waals surface area contributed by atoms with Gasteiger partial charge in [0.1, 0.15) is 4.70 Å². The van der Waals surface area contributed by atoms with Crippen LogP contribution in [0.5, 0.6) is 0 Å². The Balaban J connectivity index is 2.73. The van der Waals surface area contributed by atoms with Crippen LogP contribution in [0, 0.1) is 0 Å². The number of thiophene rings is 1. The summed E-state index contributed by atoms with van der Waals surface area (Å²) in [5.41, 5.74) is 5.46. The fraction of sp³-hybridized carbons (Fsp3) is 0.222. The molecular formula is C9H9BrN2OS. The highest BCUT2D eigenvalue weighted by molar-refractivity contribution is 9.10. The third-order valence-electron chi connectivity index (χ3n) is 1.99. The van der Waals surface area contributed by atoms with E-state index in [1.165, 1.54) is 11.3 Å². The van der Waals surface area contributed by atoms with Gasteiger partial charge in [0.2, 0.25) is 0 Å². The van der Waals surface area contributed by atoms with Gasteiger partial charge >= 0.3 is 0 Å². The molecule has 0 unspecified atom stereocenters. The van der Waals surface area contributed by atoms with E-state index >= 15 is 0 Å². The molecule has 0 amide bonds. The molecule has 0 spiro atoms. The highest BCUT2D eigenvalue weighted by atomic mass is 79.9. The molecule has 0 fully saturated rings. The van der Waals surface area contributed by atoms with E-state index in [0.29, 0.717) is 6.54 Å². The number of nitrogens with one attached hydrogen (secondary N) is 1. The SMILES string of the molecule is NCCc1sc2c(=O)[nH]ccc2c1Br. The quantitative estimate of drug-likeness (QED) is 0.877. The third-order valence-corrected chi connectivity index (χ3v) is 4.43. The zero-order valence-electron chi connectivity index (χ0n) is 7.34. The number of aromatic nitrogens is 1. The number of aromatic amines is 1. The maximum atomic E-state index is 11.5. The van der Waals surface area contributed by atoms with Crippen LogP contribution in [0.25, 0.3) is 10.1 Å². The van der Waals surface area contributed by atoms with Crippen molar-refractivity contribution in [2.75, 3.05) is 6.54 Å². The molecule has 0 aliphatic heterocycles. The minimum atomic E-state index is -0.0310. The number of rotatable bonds is 2. The van der Waals surface area contributed by atoms with Crippen LogP contribution in [-0.4, -0.2) is 11.5 Å². The molecule has 0 aliphatic carbocycles. The van der Waals surface area contributed by atoms with Crippen molar-refractivity contribution in [3.8, 4) is 0 Å². The molecular weight excluding hydrogens is 264 g/mol. The number of pyridine rings is 1. The van der Waals surface area contributed by atoms with Gasteiger partial charge in [-0.15, -0.1) is 11.3 Å². The van der Waals surface area contributed by atoms with Crippen LogP contribution >= 0.6 is 27.3 Å². The maximum absolute atomic E-state index is 11.5. The lowest BCUT2D eigenvalue weighted by atomic mass is 10.3. The minimum Gasteiger partial charge on any atom is -0.330 e. The first-order valence-corrected chi connectivity index (χ1v) is 5.83. The minimum absolute atomic E-state index is 0.0310. The average Bonchev–Trinajstić information content (AvgIpc) is 2.48. The van der Waals surface area contributed by atoms with Gasteiger partial charge in [-0.25, -0.2) is 0 Å². The van der Waals surface area contributed by atoms with E-state index in [4.69, 9.17) is 5.73 Å². The van der Waals surface area contributed by atoms with Crippen molar-refractivity contribution in [1.82, 2.24) is 4.98 Å². The Morgan fingerprint density at radius 1 is 1.57 bits per heavy atom. The van der Waals surface area contributed by atoms with Crippen LogP contribution in [0.3, 0.4) is 0 Å². The molecule has 2 aromatic rings. The van der Waals surface area contributed by atoms with E-state index in [1.807, 2.05) is 6.07 Å². The Morgan fingerprint density at radius 2 is 2.36 bits per heavy atom. The van der Waals surface area contributed by atoms with Gasteiger partial charge in [0.15, 0.2) is 0 Å². The smallest absolute Gasteiger partial charge is 0.265 e. The standard InChI is InChI=1S/C9H9BrN2OS/c10-7-5-2-4-12-9(13)8(5)14-6(7)1-3-11/h2,4H,1,3,11H2,(H,12,13). The van der Waals surface area contributed by atoms with Crippen LogP contribution < -0.4 is 11.3 Å². The first kappa shape index (κ1) is 9.89. The van der Waals surface area contributed by atoms with Crippen molar-refractivity contribution in [1.29, 1.82) is 0 Å². The van der Waals surface area contributed by atoms with E-state index in [1.54, 1.807) is 6.20 Å². The monoisotopic (exact) mass is 272 g/mol. The second-order valence-corrected chi connectivity index (χ2v) is 4.83. The average molecular weight is 273 g/mol. The number of halogens is 1. The molecule has 0 aliphatic rings. The van der Waals surface area contributed by atoms with Crippen LogP contribution in [0.1, 0.15) is 4.88 Å². The molecule has 0 aromatic carbocycles. The number of nitrogens with two attached hydrogens (primary N) is 1. The Bertz CT molecular complexity index is 517. The van der Waals surface area contributed by atoms with Crippen molar-refractivity contribution < 1.29 is 0 Å². The summed E-state index contributed by atoms with van der Waals surface area (Å²) in [6, 6.07) is 1.90. The van der Waals surface area contributed by atoms with Gasteiger partial charge in [0.05, 0.1) is 0 Å². The summed E-state index contributed by atoms with van der Waals surface area (Å²) in [5.74, 6) is 0.